The zero-order valence-corrected chi connectivity index (χ0v) is 7.66. The van der Waals surface area contributed by atoms with Crippen molar-refractivity contribution in [1.29, 1.82) is 0 Å². The zero-order valence-electron chi connectivity index (χ0n) is 7.66. The maximum atomic E-state index is 3.98. The molecule has 0 saturated carbocycles. The number of nitrogens with zero attached hydrogens (tertiary/aromatic N) is 2. The van der Waals surface area contributed by atoms with Gasteiger partial charge in [-0.3, -0.25) is 9.88 Å². The van der Waals surface area contributed by atoms with Gasteiger partial charge < -0.3 is 5.32 Å². The zero-order chi connectivity index (χ0) is 8.93. The molecule has 1 radical (unpaired) electrons. The molecule has 1 aromatic heterocycles. The average molecular weight is 176 g/mol. The molecule has 1 aliphatic rings. The number of hydrogen-bond acceptors (Lipinski definition) is 3. The third-order valence-corrected chi connectivity index (χ3v) is 2.29. The lowest BCUT2D eigenvalue weighted by molar-refractivity contribution is 0.233. The molecule has 1 fully saturated rings. The highest BCUT2D eigenvalue weighted by molar-refractivity contribution is 5.07. The van der Waals surface area contributed by atoms with Crippen molar-refractivity contribution in [2.75, 3.05) is 26.2 Å². The van der Waals surface area contributed by atoms with Gasteiger partial charge in [-0.05, 0) is 11.6 Å². The largest absolute Gasteiger partial charge is 0.314 e. The minimum atomic E-state index is 1.02. The lowest BCUT2D eigenvalue weighted by Crippen LogP contribution is -2.42. The van der Waals surface area contributed by atoms with E-state index >= 15 is 0 Å². The van der Waals surface area contributed by atoms with E-state index in [0.29, 0.717) is 0 Å². The van der Waals surface area contributed by atoms with Crippen LogP contribution in [-0.4, -0.2) is 36.1 Å². The Morgan fingerprint density at radius 1 is 1.46 bits per heavy atom. The van der Waals surface area contributed by atoms with E-state index < -0.39 is 0 Å². The molecule has 2 rings (SSSR count). The third-order valence-electron chi connectivity index (χ3n) is 2.29. The Morgan fingerprint density at radius 3 is 3.00 bits per heavy atom. The summed E-state index contributed by atoms with van der Waals surface area (Å²) in [4.78, 5) is 6.42. The Bertz CT molecular complexity index is 242. The summed E-state index contributed by atoms with van der Waals surface area (Å²) in [6.07, 6.45) is 4.68. The van der Waals surface area contributed by atoms with Gasteiger partial charge in [-0.2, -0.15) is 0 Å². The average Bonchev–Trinajstić information content (AvgIpc) is 2.21. The van der Waals surface area contributed by atoms with Gasteiger partial charge in [-0.25, -0.2) is 0 Å². The highest BCUT2D eigenvalue weighted by Gasteiger charge is 2.09. The van der Waals surface area contributed by atoms with Crippen LogP contribution >= 0.6 is 0 Å². The third kappa shape index (κ3) is 2.50. The minimum absolute atomic E-state index is 1.02. The Balaban J connectivity index is 1.90. The Labute approximate surface area is 78.8 Å². The van der Waals surface area contributed by atoms with Crippen LogP contribution in [0.25, 0.3) is 0 Å². The van der Waals surface area contributed by atoms with Crippen molar-refractivity contribution in [3.05, 3.63) is 30.1 Å². The van der Waals surface area contributed by atoms with Crippen LogP contribution in [0.2, 0.25) is 0 Å². The van der Waals surface area contributed by atoms with Gasteiger partial charge in [0.25, 0.3) is 0 Å². The van der Waals surface area contributed by atoms with Crippen LogP contribution in [-0.2, 0) is 6.54 Å². The first-order valence-electron chi connectivity index (χ1n) is 4.69. The number of piperazine rings is 1. The van der Waals surface area contributed by atoms with Crippen LogP contribution in [0.1, 0.15) is 5.56 Å². The fourth-order valence-electron chi connectivity index (χ4n) is 1.57. The molecular formula is C10H14N3. The molecule has 0 unspecified atom stereocenters. The van der Waals surface area contributed by atoms with Gasteiger partial charge in [0, 0.05) is 38.9 Å². The Kier molecular flexibility index (Phi) is 2.90. The topological polar surface area (TPSA) is 28.2 Å². The summed E-state index contributed by atoms with van der Waals surface area (Å²) in [5, 5.41) is 3.34. The van der Waals surface area contributed by atoms with Gasteiger partial charge >= 0.3 is 0 Å². The van der Waals surface area contributed by atoms with E-state index in [0.717, 1.165) is 32.7 Å². The molecule has 1 N–H and O–H groups in total. The lowest BCUT2D eigenvalue weighted by Gasteiger charge is -2.26. The molecule has 0 aliphatic carbocycles. The molecule has 0 spiro atoms. The first-order chi connectivity index (χ1) is 6.45. The van der Waals surface area contributed by atoms with Crippen LogP contribution in [0, 0.1) is 6.20 Å². The first-order valence-corrected chi connectivity index (χ1v) is 4.69. The van der Waals surface area contributed by atoms with E-state index in [1.165, 1.54) is 5.56 Å². The molecule has 0 atom stereocenters. The van der Waals surface area contributed by atoms with E-state index in [1.807, 2.05) is 12.3 Å². The maximum Gasteiger partial charge on any atom is 0.0886 e. The smallest absolute Gasteiger partial charge is 0.0886 e. The molecular weight excluding hydrogens is 162 g/mol. The molecule has 0 bridgehead atoms. The van der Waals surface area contributed by atoms with Gasteiger partial charge in [0.05, 0.1) is 6.20 Å². The summed E-state index contributed by atoms with van der Waals surface area (Å²) >= 11 is 0. The second-order valence-corrected chi connectivity index (χ2v) is 3.32. The summed E-state index contributed by atoms with van der Waals surface area (Å²) in [7, 11) is 0. The monoisotopic (exact) mass is 176 g/mol. The van der Waals surface area contributed by atoms with E-state index in [4.69, 9.17) is 0 Å². The van der Waals surface area contributed by atoms with Gasteiger partial charge in [-0.15, -0.1) is 0 Å². The molecule has 0 amide bonds. The minimum Gasteiger partial charge on any atom is -0.314 e. The standard InChI is InChI=1S/C10H14N3/c1-2-10(8-12-3-1)9-13-6-4-11-5-7-13/h1-2,8,11H,4-7,9H2. The quantitative estimate of drug-likeness (QED) is 0.702. The highest BCUT2D eigenvalue weighted by atomic mass is 15.2. The molecule has 1 aromatic rings. The van der Waals surface area contributed by atoms with Crippen molar-refractivity contribution in [2.45, 2.75) is 6.54 Å². The molecule has 1 saturated heterocycles. The molecule has 3 nitrogen and oxygen atoms in total. The Hall–Kier alpha value is -0.930. The van der Waals surface area contributed by atoms with Crippen molar-refractivity contribution < 1.29 is 0 Å². The lowest BCUT2D eigenvalue weighted by atomic mass is 10.2. The van der Waals surface area contributed by atoms with Gasteiger partial charge in [0.1, 0.15) is 0 Å². The van der Waals surface area contributed by atoms with Crippen molar-refractivity contribution in [3.8, 4) is 0 Å². The number of hydrogen-bond donors (Lipinski definition) is 1. The molecule has 0 aromatic carbocycles. The molecule has 3 heteroatoms. The normalized spacial score (nSPS) is 18.8. The van der Waals surface area contributed by atoms with E-state index in [2.05, 4.69) is 27.5 Å². The second-order valence-electron chi connectivity index (χ2n) is 3.32. The van der Waals surface area contributed by atoms with Crippen molar-refractivity contribution in [1.82, 2.24) is 15.2 Å². The number of nitrogens with one attached hydrogen (secondary N) is 1. The van der Waals surface area contributed by atoms with Crippen LogP contribution in [0.4, 0.5) is 0 Å². The molecule has 2 heterocycles. The number of rotatable bonds is 2. The molecule has 1 aliphatic heterocycles. The van der Waals surface area contributed by atoms with Crippen LogP contribution in [0.3, 0.4) is 0 Å². The fourth-order valence-corrected chi connectivity index (χ4v) is 1.57. The van der Waals surface area contributed by atoms with E-state index in [9.17, 15) is 0 Å². The molecule has 13 heavy (non-hydrogen) atoms. The van der Waals surface area contributed by atoms with Crippen LogP contribution in [0.15, 0.2) is 18.3 Å². The van der Waals surface area contributed by atoms with E-state index in [-0.39, 0.29) is 0 Å². The summed E-state index contributed by atoms with van der Waals surface area (Å²) in [6, 6.07) is 3.95. The Morgan fingerprint density at radius 2 is 2.31 bits per heavy atom. The van der Waals surface area contributed by atoms with Crippen molar-refractivity contribution in [3.63, 3.8) is 0 Å². The van der Waals surface area contributed by atoms with Crippen molar-refractivity contribution in [2.24, 2.45) is 0 Å². The fraction of sp³-hybridized carbons (Fsp3) is 0.500. The van der Waals surface area contributed by atoms with Gasteiger partial charge in [0.15, 0.2) is 0 Å². The molecule has 69 valence electrons. The van der Waals surface area contributed by atoms with Crippen LogP contribution in [0.5, 0.6) is 0 Å². The maximum absolute atomic E-state index is 3.98. The number of pyridine rings is 1. The van der Waals surface area contributed by atoms with Crippen LogP contribution < -0.4 is 5.32 Å². The second kappa shape index (κ2) is 4.35. The van der Waals surface area contributed by atoms with Crippen molar-refractivity contribution >= 4 is 0 Å². The predicted molar refractivity (Wildman–Crippen MR) is 51.2 cm³/mol. The first kappa shape index (κ1) is 8.66. The number of aromatic nitrogens is 1. The van der Waals surface area contributed by atoms with Gasteiger partial charge in [-0.1, -0.05) is 6.07 Å². The SMILES string of the molecule is [c]1ccc(CN2CCNCC2)cn1. The predicted octanol–water partition coefficient (Wildman–Crippen LogP) is 0.287. The highest BCUT2D eigenvalue weighted by Crippen LogP contribution is 2.02. The summed E-state index contributed by atoms with van der Waals surface area (Å²) < 4.78 is 0. The summed E-state index contributed by atoms with van der Waals surface area (Å²) in [6.45, 7) is 5.50. The van der Waals surface area contributed by atoms with Gasteiger partial charge in [0.2, 0.25) is 0 Å². The summed E-state index contributed by atoms with van der Waals surface area (Å²) in [5.41, 5.74) is 1.28. The van der Waals surface area contributed by atoms with E-state index in [1.54, 1.807) is 0 Å². The summed E-state index contributed by atoms with van der Waals surface area (Å²) in [5.74, 6) is 0.